The predicted molar refractivity (Wildman–Crippen MR) is 171 cm³/mol. The molecule has 4 aromatic rings. The van der Waals surface area contributed by atoms with Crippen LogP contribution in [0.3, 0.4) is 0 Å². The van der Waals surface area contributed by atoms with Crippen LogP contribution in [0.5, 0.6) is 5.75 Å². The Morgan fingerprint density at radius 2 is 1.80 bits per heavy atom. The van der Waals surface area contributed by atoms with Gasteiger partial charge in [0.1, 0.15) is 11.3 Å². The average Bonchev–Trinajstić information content (AvgIpc) is 3.42. The molecule has 1 unspecified atom stereocenters. The summed E-state index contributed by atoms with van der Waals surface area (Å²) < 4.78 is 5.74. The van der Waals surface area contributed by atoms with Crippen molar-refractivity contribution in [3.63, 3.8) is 0 Å². The van der Waals surface area contributed by atoms with Crippen LogP contribution < -0.4 is 10.7 Å². The molecular formula is C36H35ClN2O5. The molecule has 1 aliphatic carbocycles. The molecule has 1 aromatic heterocycles. The van der Waals surface area contributed by atoms with Gasteiger partial charge in [-0.15, -0.1) is 0 Å². The van der Waals surface area contributed by atoms with Crippen molar-refractivity contribution in [1.82, 2.24) is 10.2 Å². The summed E-state index contributed by atoms with van der Waals surface area (Å²) in [6, 6.07) is 21.1. The fourth-order valence-electron chi connectivity index (χ4n) is 6.43. The van der Waals surface area contributed by atoms with Gasteiger partial charge in [-0.3, -0.25) is 14.4 Å². The number of carbonyl (C=O) groups excluding carboxylic acids is 2. The second kappa shape index (κ2) is 13.1. The number of benzene rings is 3. The molecule has 3 aromatic carbocycles. The van der Waals surface area contributed by atoms with Crippen molar-refractivity contribution in [2.24, 2.45) is 0 Å². The lowest BCUT2D eigenvalue weighted by atomic mass is 9.79. The molecule has 1 saturated carbocycles. The molecule has 2 amide bonds. The Labute approximate surface area is 261 Å². The number of carbonyl (C=O) groups is 2. The van der Waals surface area contributed by atoms with Gasteiger partial charge in [-0.1, -0.05) is 59.6 Å². The molecule has 7 nitrogen and oxygen atoms in total. The minimum absolute atomic E-state index is 0.0497. The molecule has 2 aliphatic rings. The van der Waals surface area contributed by atoms with Crippen LogP contribution in [0.1, 0.15) is 71.7 Å². The van der Waals surface area contributed by atoms with Crippen molar-refractivity contribution in [3.05, 3.63) is 122 Å². The molecule has 0 spiro atoms. The molecule has 0 bridgehead atoms. The third-order valence-corrected chi connectivity index (χ3v) is 8.97. The Balaban J connectivity index is 1.19. The number of likely N-dealkylation sites (tertiary alicyclic amines) is 1. The van der Waals surface area contributed by atoms with Gasteiger partial charge in [-0.2, -0.15) is 0 Å². The molecule has 1 aliphatic heterocycles. The predicted octanol–water partition coefficient (Wildman–Crippen LogP) is 6.90. The van der Waals surface area contributed by atoms with Crippen LogP contribution in [-0.2, 0) is 17.8 Å². The maximum Gasteiger partial charge on any atom is 0.287 e. The van der Waals surface area contributed by atoms with Crippen LogP contribution in [0.2, 0.25) is 5.02 Å². The lowest BCUT2D eigenvalue weighted by Crippen LogP contribution is -2.36. The van der Waals surface area contributed by atoms with Crippen molar-refractivity contribution < 1.29 is 19.1 Å². The van der Waals surface area contributed by atoms with Gasteiger partial charge >= 0.3 is 0 Å². The average molecular weight is 611 g/mol. The quantitative estimate of drug-likeness (QED) is 0.211. The van der Waals surface area contributed by atoms with Gasteiger partial charge in [0.25, 0.3) is 5.91 Å². The Morgan fingerprint density at radius 1 is 1.02 bits per heavy atom. The highest BCUT2D eigenvalue weighted by Gasteiger charge is 2.25. The first kappa shape index (κ1) is 29.7. The van der Waals surface area contributed by atoms with Gasteiger partial charge in [0, 0.05) is 36.7 Å². The van der Waals surface area contributed by atoms with E-state index in [4.69, 9.17) is 16.0 Å². The molecular weight excluding hydrogens is 576 g/mol. The van der Waals surface area contributed by atoms with E-state index in [2.05, 4.69) is 35.7 Å². The number of amides is 2. The third-order valence-electron chi connectivity index (χ3n) is 8.71. The van der Waals surface area contributed by atoms with Crippen LogP contribution >= 0.6 is 11.6 Å². The molecule has 1 saturated heterocycles. The zero-order valence-corrected chi connectivity index (χ0v) is 25.2. The van der Waals surface area contributed by atoms with Crippen LogP contribution in [-0.4, -0.2) is 34.4 Å². The standard InChI is InChI=1S/C36H35ClN2O5/c37-27-13-9-24(10-14-27)19-28(38-36(43)34-21-32(41)31-16-15-29(40)20-33(31)44-34)18-23-7-11-25(12-8-23)30-5-2-1-4-26(30)22-39-17-3-6-35(39)42/h1-2,4-5,9-10,13-16,18,20-21,25,28,40H,3,6-8,11-12,17,19,22H2,(H,38,43). The SMILES string of the molecule is O=C(NC(C=C1CCC(c2ccccc2CN2CCCC2=O)CC1)Cc1ccc(Cl)cc1)c1cc(=O)c2ccc(O)cc2o1. The first-order valence-corrected chi connectivity index (χ1v) is 15.6. The highest BCUT2D eigenvalue weighted by atomic mass is 35.5. The molecule has 2 fully saturated rings. The Bertz CT molecular complexity index is 1770. The maximum atomic E-state index is 13.4. The van der Waals surface area contributed by atoms with E-state index in [0.717, 1.165) is 44.2 Å². The van der Waals surface area contributed by atoms with Gasteiger partial charge in [-0.05, 0) is 85.4 Å². The summed E-state index contributed by atoms with van der Waals surface area (Å²) in [4.78, 5) is 40.3. The third kappa shape index (κ3) is 6.89. The van der Waals surface area contributed by atoms with E-state index in [0.29, 0.717) is 35.7 Å². The molecule has 2 heterocycles. The second-order valence-electron chi connectivity index (χ2n) is 11.8. The molecule has 226 valence electrons. The van der Waals surface area contributed by atoms with Gasteiger partial charge in [0.15, 0.2) is 11.2 Å². The fourth-order valence-corrected chi connectivity index (χ4v) is 6.55. The van der Waals surface area contributed by atoms with E-state index in [9.17, 15) is 19.5 Å². The van der Waals surface area contributed by atoms with Crippen LogP contribution in [0, 0.1) is 0 Å². The van der Waals surface area contributed by atoms with Crippen molar-refractivity contribution in [1.29, 1.82) is 0 Å². The maximum absolute atomic E-state index is 13.4. The lowest BCUT2D eigenvalue weighted by molar-refractivity contribution is -0.128. The van der Waals surface area contributed by atoms with E-state index in [1.165, 1.54) is 41.0 Å². The van der Waals surface area contributed by atoms with E-state index in [1.807, 2.05) is 29.2 Å². The van der Waals surface area contributed by atoms with Crippen molar-refractivity contribution >= 4 is 34.4 Å². The van der Waals surface area contributed by atoms with Gasteiger partial charge in [0.2, 0.25) is 5.91 Å². The number of phenolic OH excluding ortho intramolecular Hbond substituents is 1. The summed E-state index contributed by atoms with van der Waals surface area (Å²) >= 11 is 6.11. The normalized spacial score (nSPS) is 17.6. The zero-order valence-electron chi connectivity index (χ0n) is 24.4. The fraction of sp³-hybridized carbons (Fsp3) is 0.306. The minimum atomic E-state index is -0.498. The summed E-state index contributed by atoms with van der Waals surface area (Å²) in [5.74, 6) is -0.00448. The topological polar surface area (TPSA) is 99.9 Å². The zero-order chi connectivity index (χ0) is 30.6. The highest BCUT2D eigenvalue weighted by molar-refractivity contribution is 6.30. The number of hydrogen-bond acceptors (Lipinski definition) is 5. The number of rotatable bonds is 8. The first-order valence-electron chi connectivity index (χ1n) is 15.2. The number of halogens is 1. The summed E-state index contributed by atoms with van der Waals surface area (Å²) in [5, 5.41) is 13.8. The summed E-state index contributed by atoms with van der Waals surface area (Å²) in [6.45, 7) is 1.50. The second-order valence-corrected chi connectivity index (χ2v) is 12.2. The van der Waals surface area contributed by atoms with E-state index in [-0.39, 0.29) is 34.5 Å². The monoisotopic (exact) mass is 610 g/mol. The Morgan fingerprint density at radius 3 is 2.55 bits per heavy atom. The molecule has 8 heteroatoms. The number of allylic oxidation sites excluding steroid dienone is 1. The summed E-state index contributed by atoms with van der Waals surface area (Å²) in [7, 11) is 0. The minimum Gasteiger partial charge on any atom is -0.508 e. The van der Waals surface area contributed by atoms with E-state index < -0.39 is 5.91 Å². The number of fused-ring (bicyclic) bond motifs is 1. The Kier molecular flexibility index (Phi) is 8.84. The lowest BCUT2D eigenvalue weighted by Gasteiger charge is -2.28. The molecule has 6 rings (SSSR count). The smallest absolute Gasteiger partial charge is 0.287 e. The molecule has 44 heavy (non-hydrogen) atoms. The molecule has 1 atom stereocenters. The number of phenols is 1. The first-order chi connectivity index (χ1) is 21.3. The highest BCUT2D eigenvalue weighted by Crippen LogP contribution is 2.37. The van der Waals surface area contributed by atoms with E-state index in [1.54, 1.807) is 0 Å². The largest absolute Gasteiger partial charge is 0.508 e. The van der Waals surface area contributed by atoms with Gasteiger partial charge in [-0.25, -0.2) is 0 Å². The van der Waals surface area contributed by atoms with Crippen LogP contribution in [0.25, 0.3) is 11.0 Å². The number of hydrogen-bond donors (Lipinski definition) is 2. The van der Waals surface area contributed by atoms with Gasteiger partial charge in [0.05, 0.1) is 11.4 Å². The molecule has 2 N–H and O–H groups in total. The van der Waals surface area contributed by atoms with Crippen molar-refractivity contribution in [2.75, 3.05) is 6.54 Å². The number of nitrogens with zero attached hydrogens (tertiary/aromatic N) is 1. The summed E-state index contributed by atoms with van der Waals surface area (Å²) in [6.07, 6.45) is 8.04. The molecule has 0 radical (unpaired) electrons. The number of nitrogens with one attached hydrogen (secondary N) is 1. The van der Waals surface area contributed by atoms with Crippen LogP contribution in [0.4, 0.5) is 0 Å². The summed E-state index contributed by atoms with van der Waals surface area (Å²) in [5.41, 5.74) is 4.66. The van der Waals surface area contributed by atoms with Crippen molar-refractivity contribution in [2.45, 2.75) is 63.5 Å². The van der Waals surface area contributed by atoms with Crippen LogP contribution in [0.15, 0.2) is 93.7 Å². The Hall–Kier alpha value is -4.36. The van der Waals surface area contributed by atoms with E-state index >= 15 is 0 Å². The van der Waals surface area contributed by atoms with Crippen molar-refractivity contribution in [3.8, 4) is 5.75 Å². The van der Waals surface area contributed by atoms with Gasteiger partial charge < -0.3 is 19.7 Å². The number of aromatic hydroxyl groups is 1.